The summed E-state index contributed by atoms with van der Waals surface area (Å²) in [7, 11) is 0. The zero-order valence-electron chi connectivity index (χ0n) is 10.5. The van der Waals surface area contributed by atoms with Gasteiger partial charge in [-0.25, -0.2) is 13.2 Å². The van der Waals surface area contributed by atoms with Crippen LogP contribution < -0.4 is 11.1 Å². The maximum absolute atomic E-state index is 13.5. The monoisotopic (exact) mass is 272 g/mol. The minimum atomic E-state index is -1.34. The smallest absolute Gasteiger partial charge is 0.231 e. The molecule has 104 valence electrons. The maximum Gasteiger partial charge on any atom is 0.231 e. The number of rotatable bonds is 2. The molecule has 2 unspecified atom stereocenters. The Bertz CT molecular complexity index is 521. The number of benzene rings is 1. The van der Waals surface area contributed by atoms with Gasteiger partial charge in [0.05, 0.1) is 11.1 Å². The molecule has 1 aromatic rings. The van der Waals surface area contributed by atoms with E-state index in [1.807, 2.05) is 0 Å². The summed E-state index contributed by atoms with van der Waals surface area (Å²) in [4.78, 5) is 12.1. The molecule has 1 fully saturated rings. The molecule has 0 heterocycles. The van der Waals surface area contributed by atoms with E-state index >= 15 is 0 Å². The lowest BCUT2D eigenvalue weighted by molar-refractivity contribution is -0.125. The average molecular weight is 272 g/mol. The van der Waals surface area contributed by atoms with E-state index in [0.717, 1.165) is 12.5 Å². The Labute approximate surface area is 109 Å². The molecule has 0 radical (unpaired) electrons. The van der Waals surface area contributed by atoms with Crippen molar-refractivity contribution in [2.75, 3.05) is 5.32 Å². The standard InChI is InChI=1S/C13H15F3N2O/c1-13(4-2-3-10(13)17)12(19)18-9-6-7(14)5-8(15)11(9)16/h5-6,10H,2-4,17H2,1H3,(H,18,19). The van der Waals surface area contributed by atoms with Crippen LogP contribution in [-0.4, -0.2) is 11.9 Å². The second kappa shape index (κ2) is 4.85. The maximum atomic E-state index is 13.5. The number of hydrogen-bond donors (Lipinski definition) is 2. The SMILES string of the molecule is CC1(C(=O)Nc2cc(F)cc(F)c2F)CCCC1N. The van der Waals surface area contributed by atoms with Crippen LogP contribution in [0.4, 0.5) is 18.9 Å². The minimum Gasteiger partial charge on any atom is -0.327 e. The molecule has 0 saturated heterocycles. The van der Waals surface area contributed by atoms with Gasteiger partial charge in [0.15, 0.2) is 11.6 Å². The number of amides is 1. The molecule has 1 saturated carbocycles. The van der Waals surface area contributed by atoms with Crippen LogP contribution in [0.15, 0.2) is 12.1 Å². The Kier molecular flexibility index (Phi) is 3.54. The van der Waals surface area contributed by atoms with Gasteiger partial charge < -0.3 is 11.1 Å². The normalized spacial score (nSPS) is 26.5. The highest BCUT2D eigenvalue weighted by molar-refractivity contribution is 5.96. The molecule has 0 bridgehead atoms. The second-order valence-electron chi connectivity index (χ2n) is 5.12. The molecule has 1 aromatic carbocycles. The first-order valence-electron chi connectivity index (χ1n) is 6.06. The minimum absolute atomic E-state index is 0.339. The van der Waals surface area contributed by atoms with E-state index < -0.39 is 34.5 Å². The Hall–Kier alpha value is -1.56. The van der Waals surface area contributed by atoms with Crippen molar-refractivity contribution in [2.24, 2.45) is 11.1 Å². The molecular weight excluding hydrogens is 257 g/mol. The van der Waals surface area contributed by atoms with Crippen molar-refractivity contribution < 1.29 is 18.0 Å². The number of halogens is 3. The van der Waals surface area contributed by atoms with Crippen molar-refractivity contribution in [2.45, 2.75) is 32.2 Å². The van der Waals surface area contributed by atoms with Gasteiger partial charge in [0.25, 0.3) is 0 Å². The highest BCUT2D eigenvalue weighted by Crippen LogP contribution is 2.38. The largest absolute Gasteiger partial charge is 0.327 e. The van der Waals surface area contributed by atoms with Crippen molar-refractivity contribution in [1.82, 2.24) is 0 Å². The van der Waals surface area contributed by atoms with Gasteiger partial charge in [-0.2, -0.15) is 0 Å². The third-order valence-corrected chi connectivity index (χ3v) is 3.79. The van der Waals surface area contributed by atoms with Gasteiger partial charge in [-0.15, -0.1) is 0 Å². The third-order valence-electron chi connectivity index (χ3n) is 3.79. The zero-order valence-corrected chi connectivity index (χ0v) is 10.5. The molecule has 1 aliphatic rings. The summed E-state index contributed by atoms with van der Waals surface area (Å²) in [6.45, 7) is 1.67. The van der Waals surface area contributed by atoms with Gasteiger partial charge >= 0.3 is 0 Å². The summed E-state index contributed by atoms with van der Waals surface area (Å²) in [5.74, 6) is -4.07. The number of hydrogen-bond acceptors (Lipinski definition) is 2. The Balaban J connectivity index is 2.24. The van der Waals surface area contributed by atoms with Gasteiger partial charge in [-0.1, -0.05) is 6.42 Å². The Morgan fingerprint density at radius 3 is 2.68 bits per heavy atom. The fourth-order valence-corrected chi connectivity index (χ4v) is 2.39. The summed E-state index contributed by atoms with van der Waals surface area (Å²) in [6, 6.07) is 0.836. The van der Waals surface area contributed by atoms with Crippen LogP contribution in [0.2, 0.25) is 0 Å². The lowest BCUT2D eigenvalue weighted by atomic mass is 9.84. The Morgan fingerprint density at radius 1 is 1.42 bits per heavy atom. The van der Waals surface area contributed by atoms with Crippen molar-refractivity contribution in [1.29, 1.82) is 0 Å². The van der Waals surface area contributed by atoms with E-state index in [1.54, 1.807) is 6.92 Å². The molecule has 19 heavy (non-hydrogen) atoms. The van der Waals surface area contributed by atoms with Crippen LogP contribution in [0.3, 0.4) is 0 Å². The van der Waals surface area contributed by atoms with Crippen molar-refractivity contribution in [3.8, 4) is 0 Å². The van der Waals surface area contributed by atoms with Gasteiger partial charge in [-0.3, -0.25) is 4.79 Å². The molecule has 0 spiro atoms. The predicted molar refractivity (Wildman–Crippen MR) is 64.9 cm³/mol. The van der Waals surface area contributed by atoms with Crippen LogP contribution in [0, 0.1) is 22.9 Å². The fourth-order valence-electron chi connectivity index (χ4n) is 2.39. The van der Waals surface area contributed by atoms with Crippen LogP contribution in [-0.2, 0) is 4.79 Å². The van der Waals surface area contributed by atoms with Gasteiger partial charge in [-0.05, 0) is 19.8 Å². The van der Waals surface area contributed by atoms with Crippen LogP contribution in [0.5, 0.6) is 0 Å². The molecule has 3 nitrogen and oxygen atoms in total. The number of carbonyl (C=O) groups is 1. The van der Waals surface area contributed by atoms with Crippen molar-refractivity contribution in [3.63, 3.8) is 0 Å². The second-order valence-corrected chi connectivity index (χ2v) is 5.12. The van der Waals surface area contributed by atoms with Crippen molar-refractivity contribution in [3.05, 3.63) is 29.6 Å². The molecule has 0 aromatic heterocycles. The van der Waals surface area contributed by atoms with Crippen molar-refractivity contribution >= 4 is 11.6 Å². The zero-order chi connectivity index (χ0) is 14.2. The molecule has 1 aliphatic carbocycles. The summed E-state index contributed by atoms with van der Waals surface area (Å²) in [5, 5.41) is 2.23. The summed E-state index contributed by atoms with van der Waals surface area (Å²) < 4.78 is 39.5. The lowest BCUT2D eigenvalue weighted by Gasteiger charge is -2.27. The summed E-state index contributed by atoms with van der Waals surface area (Å²) in [6.07, 6.45) is 2.06. The van der Waals surface area contributed by atoms with E-state index in [4.69, 9.17) is 5.73 Å². The lowest BCUT2D eigenvalue weighted by Crippen LogP contribution is -2.44. The summed E-state index contributed by atoms with van der Waals surface area (Å²) >= 11 is 0. The Morgan fingerprint density at radius 2 is 2.11 bits per heavy atom. The van der Waals surface area contributed by atoms with Gasteiger partial charge in [0.2, 0.25) is 5.91 Å². The molecule has 2 rings (SSSR count). The van der Waals surface area contributed by atoms with Crippen LogP contribution in [0.1, 0.15) is 26.2 Å². The van der Waals surface area contributed by atoms with E-state index in [-0.39, 0.29) is 6.04 Å². The van der Waals surface area contributed by atoms with Crippen LogP contribution >= 0.6 is 0 Å². The molecule has 2 atom stereocenters. The summed E-state index contributed by atoms with van der Waals surface area (Å²) in [5.41, 5.74) is 4.53. The number of nitrogens with two attached hydrogens (primary N) is 1. The van der Waals surface area contributed by atoms with Crippen LogP contribution in [0.25, 0.3) is 0 Å². The van der Waals surface area contributed by atoms with E-state index in [9.17, 15) is 18.0 Å². The van der Waals surface area contributed by atoms with Gasteiger partial charge in [0, 0.05) is 18.2 Å². The van der Waals surface area contributed by atoms with E-state index in [2.05, 4.69) is 5.32 Å². The fraction of sp³-hybridized carbons (Fsp3) is 0.462. The van der Waals surface area contributed by atoms with E-state index in [1.165, 1.54) is 0 Å². The van der Waals surface area contributed by atoms with E-state index in [0.29, 0.717) is 18.9 Å². The first-order chi connectivity index (χ1) is 8.84. The first kappa shape index (κ1) is 13.9. The molecular formula is C13H15F3N2O. The molecule has 3 N–H and O–H groups in total. The predicted octanol–water partition coefficient (Wildman–Crippen LogP) is 2.56. The highest BCUT2D eigenvalue weighted by atomic mass is 19.2. The topological polar surface area (TPSA) is 55.1 Å². The molecule has 0 aliphatic heterocycles. The molecule has 6 heteroatoms. The first-order valence-corrected chi connectivity index (χ1v) is 6.06. The third kappa shape index (κ3) is 2.45. The number of nitrogens with one attached hydrogen (secondary N) is 1. The highest BCUT2D eigenvalue weighted by Gasteiger charge is 2.43. The van der Waals surface area contributed by atoms with Gasteiger partial charge in [0.1, 0.15) is 5.82 Å². The quantitative estimate of drug-likeness (QED) is 0.813. The molecule has 1 amide bonds. The number of carbonyl (C=O) groups excluding carboxylic acids is 1. The average Bonchev–Trinajstić information content (AvgIpc) is 2.67. The number of anilines is 1.